The number of likely N-dealkylation sites (N-methyl/N-ethyl adjacent to an activating group) is 1. The van der Waals surface area contributed by atoms with Crippen LogP contribution in [0.4, 0.5) is 5.82 Å². The summed E-state index contributed by atoms with van der Waals surface area (Å²) in [5.41, 5.74) is 4.33. The largest absolute Gasteiger partial charge is 0.354 e. The van der Waals surface area contributed by atoms with Gasteiger partial charge in [-0.05, 0) is 33.0 Å². The van der Waals surface area contributed by atoms with Crippen LogP contribution >= 0.6 is 0 Å². The van der Waals surface area contributed by atoms with E-state index in [1.165, 1.54) is 0 Å². The first-order valence-electron chi connectivity index (χ1n) is 11.3. The monoisotopic (exact) mass is 428 g/mol. The molecule has 0 atom stereocenters. The maximum atomic E-state index is 13.6. The van der Waals surface area contributed by atoms with E-state index in [0.717, 1.165) is 61.9 Å². The zero-order chi connectivity index (χ0) is 22.2. The van der Waals surface area contributed by atoms with Crippen LogP contribution < -0.4 is 4.90 Å². The quantitative estimate of drug-likeness (QED) is 0.749. The molecule has 1 aromatic carbocycles. The van der Waals surface area contributed by atoms with E-state index in [0.29, 0.717) is 22.8 Å². The number of carbonyl (C=O) groups excluding carboxylic acids is 1. The van der Waals surface area contributed by atoms with Crippen LogP contribution in [-0.2, 0) is 0 Å². The molecule has 1 aromatic heterocycles. The van der Waals surface area contributed by atoms with E-state index in [1.54, 1.807) is 0 Å². The summed E-state index contributed by atoms with van der Waals surface area (Å²) in [6.45, 7) is 9.76. The lowest BCUT2D eigenvalue weighted by atomic mass is 9.84. The summed E-state index contributed by atoms with van der Waals surface area (Å²) in [6.07, 6.45) is 1.81. The Bertz CT molecular complexity index is 1140. The Balaban J connectivity index is 1.57. The standard InChI is InChI=1S/C25H28N6O/c1-4-30(5-2)25-27-22-18-8-6-7-9-19(18)24(32)21(23(22)28-25)17-10-11-20(26-16-17)31-14-12-29(3)13-15-31/h6-11,16H,4-5,12-15H2,1-3H3. The van der Waals surface area contributed by atoms with Crippen molar-refractivity contribution in [3.8, 4) is 0 Å². The van der Waals surface area contributed by atoms with Gasteiger partial charge in [0.15, 0.2) is 5.78 Å². The molecule has 3 aliphatic rings. The molecule has 164 valence electrons. The summed E-state index contributed by atoms with van der Waals surface area (Å²) >= 11 is 0. The number of aliphatic imine (C=N–C) groups is 2. The van der Waals surface area contributed by atoms with E-state index in [1.807, 2.05) is 42.6 Å². The first-order chi connectivity index (χ1) is 15.6. The predicted octanol–water partition coefficient (Wildman–Crippen LogP) is 2.94. The Morgan fingerprint density at radius 2 is 1.66 bits per heavy atom. The van der Waals surface area contributed by atoms with Gasteiger partial charge < -0.3 is 14.7 Å². The molecule has 0 N–H and O–H groups in total. The number of allylic oxidation sites excluding steroid dienone is 2. The zero-order valence-corrected chi connectivity index (χ0v) is 18.9. The molecular weight excluding hydrogens is 400 g/mol. The number of benzene rings is 1. The van der Waals surface area contributed by atoms with Gasteiger partial charge in [0.1, 0.15) is 17.2 Å². The lowest BCUT2D eigenvalue weighted by molar-refractivity contribution is 0.105. The van der Waals surface area contributed by atoms with E-state index in [-0.39, 0.29) is 5.78 Å². The van der Waals surface area contributed by atoms with E-state index in [2.05, 4.69) is 35.6 Å². The molecule has 2 aliphatic heterocycles. The van der Waals surface area contributed by atoms with Crippen molar-refractivity contribution in [2.75, 3.05) is 51.2 Å². The molecule has 2 aromatic rings. The molecule has 0 radical (unpaired) electrons. The third-order valence-electron chi connectivity index (χ3n) is 6.45. The lowest BCUT2D eigenvalue weighted by Crippen LogP contribution is -2.44. The fraction of sp³-hybridized carbons (Fsp3) is 0.360. The van der Waals surface area contributed by atoms with E-state index >= 15 is 0 Å². The number of piperazine rings is 1. The third-order valence-corrected chi connectivity index (χ3v) is 6.45. The Hall–Kier alpha value is -3.32. The molecule has 5 rings (SSSR count). The van der Waals surface area contributed by atoms with Crippen molar-refractivity contribution < 1.29 is 4.79 Å². The number of guanidine groups is 1. The average molecular weight is 429 g/mol. The Morgan fingerprint density at radius 1 is 0.938 bits per heavy atom. The minimum absolute atomic E-state index is 0.0201. The zero-order valence-electron chi connectivity index (χ0n) is 18.9. The highest BCUT2D eigenvalue weighted by Crippen LogP contribution is 2.36. The third kappa shape index (κ3) is 3.42. The number of Topliss-reactive ketones (excluding diaryl/α,β-unsaturated/α-hetero) is 1. The van der Waals surface area contributed by atoms with E-state index in [9.17, 15) is 4.79 Å². The minimum Gasteiger partial charge on any atom is -0.354 e. The molecule has 0 amide bonds. The summed E-state index contributed by atoms with van der Waals surface area (Å²) < 4.78 is 0. The number of anilines is 1. The average Bonchev–Trinajstić information content (AvgIpc) is 3.26. The molecule has 3 heterocycles. The van der Waals surface area contributed by atoms with Crippen molar-refractivity contribution in [1.29, 1.82) is 0 Å². The maximum Gasteiger partial charge on any atom is 0.226 e. The first kappa shape index (κ1) is 20.6. The molecule has 7 heteroatoms. The lowest BCUT2D eigenvalue weighted by Gasteiger charge is -2.33. The Kier molecular flexibility index (Phi) is 5.35. The number of hydrogen-bond donors (Lipinski definition) is 0. The number of nitrogens with zero attached hydrogens (tertiary/aromatic N) is 6. The SMILES string of the molecule is CCN(CC)C1=NC2=C(c3ccc(N4CCN(C)CC4)nc3)C(=O)c3ccccc3C2=N1. The highest BCUT2D eigenvalue weighted by atomic mass is 16.1. The van der Waals surface area contributed by atoms with E-state index in [4.69, 9.17) is 15.0 Å². The normalized spacial score (nSPS) is 18.3. The van der Waals surface area contributed by atoms with Gasteiger partial charge in [0.05, 0.1) is 5.57 Å². The van der Waals surface area contributed by atoms with Crippen molar-refractivity contribution in [1.82, 2.24) is 14.8 Å². The second-order valence-electron chi connectivity index (χ2n) is 8.34. The molecule has 0 unspecified atom stereocenters. The van der Waals surface area contributed by atoms with Crippen LogP contribution in [0.3, 0.4) is 0 Å². The fourth-order valence-electron chi connectivity index (χ4n) is 4.50. The minimum atomic E-state index is -0.0201. The smallest absolute Gasteiger partial charge is 0.226 e. The second-order valence-corrected chi connectivity index (χ2v) is 8.34. The van der Waals surface area contributed by atoms with Gasteiger partial charge in [0.2, 0.25) is 5.96 Å². The molecule has 0 spiro atoms. The van der Waals surface area contributed by atoms with Gasteiger partial charge in [-0.2, -0.15) is 0 Å². The van der Waals surface area contributed by atoms with Gasteiger partial charge in [0, 0.05) is 62.2 Å². The van der Waals surface area contributed by atoms with Gasteiger partial charge in [-0.3, -0.25) is 4.79 Å². The topological polar surface area (TPSA) is 64.4 Å². The summed E-state index contributed by atoms with van der Waals surface area (Å²) in [6, 6.07) is 11.7. The molecule has 0 bridgehead atoms. The van der Waals surface area contributed by atoms with Gasteiger partial charge in [-0.25, -0.2) is 15.0 Å². The Morgan fingerprint density at radius 3 is 2.31 bits per heavy atom. The number of aromatic nitrogens is 1. The van der Waals surface area contributed by atoms with Crippen molar-refractivity contribution in [3.63, 3.8) is 0 Å². The van der Waals surface area contributed by atoms with Crippen LogP contribution in [-0.4, -0.2) is 78.6 Å². The van der Waals surface area contributed by atoms with Crippen molar-refractivity contribution in [3.05, 3.63) is 65.0 Å². The molecule has 32 heavy (non-hydrogen) atoms. The van der Waals surface area contributed by atoms with Gasteiger partial charge in [-0.15, -0.1) is 0 Å². The summed E-state index contributed by atoms with van der Waals surface area (Å²) in [4.78, 5) is 34.7. The van der Waals surface area contributed by atoms with Crippen LogP contribution in [0.25, 0.3) is 5.57 Å². The number of hydrogen-bond acceptors (Lipinski definition) is 7. The van der Waals surface area contributed by atoms with Crippen LogP contribution in [0.2, 0.25) is 0 Å². The van der Waals surface area contributed by atoms with Crippen molar-refractivity contribution in [2.45, 2.75) is 13.8 Å². The fourth-order valence-corrected chi connectivity index (χ4v) is 4.50. The molecule has 7 nitrogen and oxygen atoms in total. The van der Waals surface area contributed by atoms with Gasteiger partial charge in [0.25, 0.3) is 0 Å². The van der Waals surface area contributed by atoms with Crippen LogP contribution in [0.5, 0.6) is 0 Å². The second kappa shape index (κ2) is 8.31. The highest BCUT2D eigenvalue weighted by molar-refractivity contribution is 6.43. The predicted molar refractivity (Wildman–Crippen MR) is 129 cm³/mol. The highest BCUT2D eigenvalue weighted by Gasteiger charge is 2.35. The van der Waals surface area contributed by atoms with Crippen molar-refractivity contribution >= 4 is 28.8 Å². The molecule has 1 aliphatic carbocycles. The summed E-state index contributed by atoms with van der Waals surface area (Å²) in [7, 11) is 2.14. The van der Waals surface area contributed by atoms with Crippen molar-refractivity contribution in [2.24, 2.45) is 9.98 Å². The number of fused-ring (bicyclic) bond motifs is 3. The molecule has 0 saturated carbocycles. The van der Waals surface area contributed by atoms with Gasteiger partial charge >= 0.3 is 0 Å². The molecule has 1 saturated heterocycles. The molecular formula is C25H28N6O. The number of rotatable bonds is 4. The summed E-state index contributed by atoms with van der Waals surface area (Å²) in [5.74, 6) is 1.60. The van der Waals surface area contributed by atoms with E-state index < -0.39 is 0 Å². The Labute approximate surface area is 188 Å². The van der Waals surface area contributed by atoms with Crippen LogP contribution in [0.1, 0.15) is 35.3 Å². The van der Waals surface area contributed by atoms with Gasteiger partial charge in [-0.1, -0.05) is 24.3 Å². The van der Waals surface area contributed by atoms with Crippen LogP contribution in [0.15, 0.2) is 58.3 Å². The number of carbonyl (C=O) groups is 1. The van der Waals surface area contributed by atoms with Crippen LogP contribution in [0, 0.1) is 0 Å². The first-order valence-corrected chi connectivity index (χ1v) is 11.3. The molecule has 1 fully saturated rings. The number of pyridine rings is 1. The number of ketones is 1. The summed E-state index contributed by atoms with van der Waals surface area (Å²) in [5, 5.41) is 0. The maximum absolute atomic E-state index is 13.6.